The molecule has 2 bridgehead atoms. The van der Waals surface area contributed by atoms with Gasteiger partial charge in [-0.2, -0.15) is 0 Å². The van der Waals surface area contributed by atoms with Crippen LogP contribution in [0.4, 0.5) is 5.13 Å². The molecule has 2 heterocycles. The molecule has 28 heavy (non-hydrogen) atoms. The fourth-order valence-electron chi connectivity index (χ4n) is 5.24. The van der Waals surface area contributed by atoms with Gasteiger partial charge in [0.25, 0.3) is 0 Å². The van der Waals surface area contributed by atoms with E-state index in [-0.39, 0.29) is 23.7 Å². The van der Waals surface area contributed by atoms with Gasteiger partial charge in [0.15, 0.2) is 5.13 Å². The average Bonchev–Trinajstić information content (AvgIpc) is 3.39. The zero-order chi connectivity index (χ0) is 19.7. The lowest BCUT2D eigenvalue weighted by atomic mass is 9.81. The lowest BCUT2D eigenvalue weighted by Crippen LogP contribution is -2.46. The summed E-state index contributed by atoms with van der Waals surface area (Å²) >= 11 is 7.49. The van der Waals surface area contributed by atoms with Crippen molar-refractivity contribution < 1.29 is 14.4 Å². The predicted molar refractivity (Wildman–Crippen MR) is 107 cm³/mol. The molecule has 1 aromatic carbocycles. The molecule has 1 aromatic heterocycles. The number of hydrogen-bond acceptors (Lipinski definition) is 5. The van der Waals surface area contributed by atoms with Crippen molar-refractivity contribution in [2.75, 3.05) is 5.32 Å². The molecule has 5 rings (SSSR count). The number of fused-ring (bicyclic) bond motifs is 6. The Kier molecular flexibility index (Phi) is 4.04. The summed E-state index contributed by atoms with van der Waals surface area (Å²) in [6.45, 7) is 3.53. The van der Waals surface area contributed by atoms with Crippen LogP contribution in [-0.2, 0) is 14.4 Å². The van der Waals surface area contributed by atoms with Gasteiger partial charge in [0.2, 0.25) is 17.7 Å². The van der Waals surface area contributed by atoms with Gasteiger partial charge in [0.05, 0.1) is 22.1 Å². The third-order valence-electron chi connectivity index (χ3n) is 6.63. The average molecular weight is 418 g/mol. The highest BCUT2D eigenvalue weighted by atomic mass is 35.5. The molecule has 0 spiro atoms. The first-order valence-corrected chi connectivity index (χ1v) is 10.8. The van der Waals surface area contributed by atoms with Crippen LogP contribution < -0.4 is 5.32 Å². The predicted octanol–water partition coefficient (Wildman–Crippen LogP) is 3.62. The normalized spacial score (nSPS) is 29.6. The standard InChI is InChI=1S/C20H20ClN3O3S/c1-8-5-14-13(7-12(8)21)22-20(28-14)23-17(25)9(2)24-18(26)15-10-3-4-11(6-10)16(15)19(24)27/h5,7,9-11,15-16H,3-4,6H2,1-2H3,(H,22,23,25)/t9-,10-,11-,15+,16+/m0/s1. The molecule has 2 aromatic rings. The highest BCUT2D eigenvalue weighted by molar-refractivity contribution is 7.22. The van der Waals surface area contributed by atoms with Crippen molar-refractivity contribution >= 4 is 56.0 Å². The maximum atomic E-state index is 12.9. The molecular weight excluding hydrogens is 398 g/mol. The molecule has 3 fully saturated rings. The number of halogens is 1. The summed E-state index contributed by atoms with van der Waals surface area (Å²) in [6, 6.07) is 2.85. The van der Waals surface area contributed by atoms with E-state index in [4.69, 9.17) is 11.6 Å². The highest BCUT2D eigenvalue weighted by Gasteiger charge is 2.62. The van der Waals surface area contributed by atoms with Gasteiger partial charge in [-0.05, 0) is 62.6 Å². The van der Waals surface area contributed by atoms with Gasteiger partial charge >= 0.3 is 0 Å². The monoisotopic (exact) mass is 417 g/mol. The number of carbonyl (C=O) groups is 3. The van der Waals surface area contributed by atoms with E-state index in [1.807, 2.05) is 13.0 Å². The summed E-state index contributed by atoms with van der Waals surface area (Å²) in [5.74, 6) is -0.542. The smallest absolute Gasteiger partial charge is 0.249 e. The number of aryl methyl sites for hydroxylation is 1. The Hall–Kier alpha value is -1.99. The van der Waals surface area contributed by atoms with Crippen molar-refractivity contribution in [2.24, 2.45) is 23.7 Å². The molecule has 5 atom stereocenters. The minimum atomic E-state index is -0.845. The van der Waals surface area contributed by atoms with Crippen molar-refractivity contribution in [1.29, 1.82) is 0 Å². The Morgan fingerprint density at radius 3 is 2.54 bits per heavy atom. The molecule has 1 aliphatic heterocycles. The van der Waals surface area contributed by atoms with Crippen LogP contribution in [0.2, 0.25) is 5.02 Å². The van der Waals surface area contributed by atoms with Crippen molar-refractivity contribution in [3.05, 3.63) is 22.7 Å². The van der Waals surface area contributed by atoms with Crippen molar-refractivity contribution in [3.8, 4) is 0 Å². The second-order valence-corrected chi connectivity index (χ2v) is 9.62. The number of nitrogens with one attached hydrogen (secondary N) is 1. The number of anilines is 1. The van der Waals surface area contributed by atoms with Gasteiger partial charge in [-0.15, -0.1) is 0 Å². The molecule has 8 heteroatoms. The van der Waals surface area contributed by atoms with E-state index in [9.17, 15) is 14.4 Å². The van der Waals surface area contributed by atoms with Crippen molar-refractivity contribution in [2.45, 2.75) is 39.2 Å². The van der Waals surface area contributed by atoms with Crippen LogP contribution in [0.15, 0.2) is 12.1 Å². The number of nitrogens with zero attached hydrogens (tertiary/aromatic N) is 2. The molecule has 3 aliphatic rings. The van der Waals surface area contributed by atoms with Gasteiger partial charge in [-0.25, -0.2) is 4.98 Å². The van der Waals surface area contributed by atoms with E-state index in [1.165, 1.54) is 16.2 Å². The van der Waals surface area contributed by atoms with Gasteiger partial charge in [0.1, 0.15) is 6.04 Å². The van der Waals surface area contributed by atoms with Crippen LogP contribution in [0.25, 0.3) is 10.2 Å². The van der Waals surface area contributed by atoms with E-state index < -0.39 is 11.9 Å². The van der Waals surface area contributed by atoms with Gasteiger partial charge in [0, 0.05) is 5.02 Å². The zero-order valence-electron chi connectivity index (χ0n) is 15.6. The van der Waals surface area contributed by atoms with Crippen LogP contribution in [0.1, 0.15) is 31.7 Å². The topological polar surface area (TPSA) is 79.4 Å². The lowest BCUT2D eigenvalue weighted by molar-refractivity contribution is -0.146. The maximum absolute atomic E-state index is 12.9. The number of rotatable bonds is 3. The van der Waals surface area contributed by atoms with E-state index in [0.29, 0.717) is 27.5 Å². The quantitative estimate of drug-likeness (QED) is 0.773. The van der Waals surface area contributed by atoms with Crippen LogP contribution in [0.5, 0.6) is 0 Å². The lowest BCUT2D eigenvalue weighted by Gasteiger charge is -2.23. The minimum Gasteiger partial charge on any atom is -0.300 e. The summed E-state index contributed by atoms with van der Waals surface area (Å²) in [6.07, 6.45) is 3.02. The van der Waals surface area contributed by atoms with Crippen LogP contribution in [0.3, 0.4) is 0 Å². The number of aromatic nitrogens is 1. The van der Waals surface area contributed by atoms with Crippen LogP contribution >= 0.6 is 22.9 Å². The first kappa shape index (κ1) is 18.1. The Morgan fingerprint density at radius 1 is 1.25 bits per heavy atom. The Bertz CT molecular complexity index is 968. The third-order valence-corrected chi connectivity index (χ3v) is 7.97. The number of carbonyl (C=O) groups excluding carboxylic acids is 3. The third kappa shape index (κ3) is 2.52. The number of amides is 3. The first-order chi connectivity index (χ1) is 13.3. The highest BCUT2D eigenvalue weighted by Crippen LogP contribution is 2.56. The molecule has 2 saturated carbocycles. The molecule has 0 radical (unpaired) electrons. The number of benzene rings is 1. The molecule has 3 amide bonds. The summed E-state index contributed by atoms with van der Waals surface area (Å²) in [5.41, 5.74) is 1.65. The molecule has 6 nitrogen and oxygen atoms in total. The second-order valence-electron chi connectivity index (χ2n) is 8.18. The molecule has 1 N–H and O–H groups in total. The van der Waals surface area contributed by atoms with E-state index in [1.54, 1.807) is 13.0 Å². The summed E-state index contributed by atoms with van der Waals surface area (Å²) in [7, 11) is 0. The SMILES string of the molecule is Cc1cc2sc(NC(=O)[C@H](C)N3C(=O)[C@@H]4[C@H]5CC[C@@H](C5)[C@H]4C3=O)nc2cc1Cl. The Balaban J connectivity index is 1.36. The minimum absolute atomic E-state index is 0.170. The van der Waals surface area contributed by atoms with E-state index >= 15 is 0 Å². The summed E-state index contributed by atoms with van der Waals surface area (Å²) in [4.78, 5) is 44.2. The van der Waals surface area contributed by atoms with Gasteiger partial charge in [-0.1, -0.05) is 22.9 Å². The van der Waals surface area contributed by atoms with E-state index in [2.05, 4.69) is 10.3 Å². The molecule has 0 unspecified atom stereocenters. The number of thiazole rings is 1. The Labute approximate surface area is 171 Å². The van der Waals surface area contributed by atoms with Gasteiger partial charge < -0.3 is 5.32 Å². The summed E-state index contributed by atoms with van der Waals surface area (Å²) in [5, 5.41) is 3.83. The van der Waals surface area contributed by atoms with Crippen molar-refractivity contribution in [3.63, 3.8) is 0 Å². The number of hydrogen-bond donors (Lipinski definition) is 1. The summed E-state index contributed by atoms with van der Waals surface area (Å²) < 4.78 is 0.921. The first-order valence-electron chi connectivity index (χ1n) is 9.59. The molecule has 146 valence electrons. The number of imide groups is 1. The van der Waals surface area contributed by atoms with Gasteiger partial charge in [-0.3, -0.25) is 19.3 Å². The fraction of sp³-hybridized carbons (Fsp3) is 0.500. The zero-order valence-corrected chi connectivity index (χ0v) is 17.1. The molecular formula is C20H20ClN3O3S. The van der Waals surface area contributed by atoms with Crippen molar-refractivity contribution in [1.82, 2.24) is 9.88 Å². The van der Waals surface area contributed by atoms with Crippen LogP contribution in [-0.4, -0.2) is 33.6 Å². The van der Waals surface area contributed by atoms with Crippen LogP contribution in [0, 0.1) is 30.6 Å². The maximum Gasteiger partial charge on any atom is 0.249 e. The largest absolute Gasteiger partial charge is 0.300 e. The molecule has 1 saturated heterocycles. The van der Waals surface area contributed by atoms with E-state index in [0.717, 1.165) is 29.5 Å². The Morgan fingerprint density at radius 2 is 1.89 bits per heavy atom. The fourth-order valence-corrected chi connectivity index (χ4v) is 6.35. The second kappa shape index (κ2) is 6.26. The molecule has 2 aliphatic carbocycles. The number of likely N-dealkylation sites (tertiary alicyclic amines) is 1.